The molecule has 0 saturated carbocycles. The van der Waals surface area contributed by atoms with Crippen molar-refractivity contribution in [1.82, 2.24) is 20.1 Å². The Balaban J connectivity index is 1.60. The summed E-state index contributed by atoms with van der Waals surface area (Å²) in [5, 5.41) is 9.91. The van der Waals surface area contributed by atoms with Gasteiger partial charge < -0.3 is 5.32 Å². The van der Waals surface area contributed by atoms with Gasteiger partial charge in [-0.1, -0.05) is 13.0 Å². The van der Waals surface area contributed by atoms with Crippen molar-refractivity contribution in [2.24, 2.45) is 0 Å². The molecular formula is C14H17N5O. The number of rotatable bonds is 3. The van der Waals surface area contributed by atoms with Crippen LogP contribution in [0.25, 0.3) is 0 Å². The Bertz CT molecular complexity index is 595. The van der Waals surface area contributed by atoms with Crippen LogP contribution in [-0.2, 0) is 11.3 Å². The number of aromatic nitrogens is 3. The molecule has 0 unspecified atom stereocenters. The van der Waals surface area contributed by atoms with E-state index in [1.54, 1.807) is 12.3 Å². The third kappa shape index (κ3) is 2.70. The summed E-state index contributed by atoms with van der Waals surface area (Å²) >= 11 is 0. The van der Waals surface area contributed by atoms with Crippen molar-refractivity contribution in [2.45, 2.75) is 19.4 Å². The van der Waals surface area contributed by atoms with Crippen molar-refractivity contribution in [3.63, 3.8) is 0 Å². The van der Waals surface area contributed by atoms with Gasteiger partial charge in [0.15, 0.2) is 0 Å². The van der Waals surface area contributed by atoms with Gasteiger partial charge in [-0.15, -0.1) is 0 Å². The molecule has 3 heterocycles. The smallest absolute Gasteiger partial charge is 0.239 e. The highest BCUT2D eigenvalue weighted by Gasteiger charge is 2.25. The van der Waals surface area contributed by atoms with Gasteiger partial charge >= 0.3 is 0 Å². The Labute approximate surface area is 117 Å². The second kappa shape index (κ2) is 5.42. The van der Waals surface area contributed by atoms with E-state index in [-0.39, 0.29) is 5.91 Å². The summed E-state index contributed by atoms with van der Waals surface area (Å²) in [7, 11) is 0. The van der Waals surface area contributed by atoms with Gasteiger partial charge in [0.05, 0.1) is 12.7 Å². The number of anilines is 1. The molecule has 0 aliphatic carbocycles. The summed E-state index contributed by atoms with van der Waals surface area (Å²) in [4.78, 5) is 18.2. The van der Waals surface area contributed by atoms with Crippen molar-refractivity contribution in [2.75, 3.05) is 18.4 Å². The van der Waals surface area contributed by atoms with Crippen molar-refractivity contribution in [1.29, 1.82) is 0 Å². The molecule has 2 N–H and O–H groups in total. The number of hydrogen-bond acceptors (Lipinski definition) is 4. The molecule has 6 heteroatoms. The summed E-state index contributed by atoms with van der Waals surface area (Å²) in [6, 6.07) is 5.46. The van der Waals surface area contributed by atoms with Gasteiger partial charge in [-0.3, -0.25) is 14.8 Å². The van der Waals surface area contributed by atoms with E-state index in [1.165, 1.54) is 11.3 Å². The van der Waals surface area contributed by atoms with Gasteiger partial charge in [-0.2, -0.15) is 5.10 Å². The van der Waals surface area contributed by atoms with Gasteiger partial charge in [0.25, 0.3) is 0 Å². The van der Waals surface area contributed by atoms with E-state index < -0.39 is 0 Å². The van der Waals surface area contributed by atoms with E-state index in [9.17, 15) is 4.79 Å². The van der Waals surface area contributed by atoms with Gasteiger partial charge in [0, 0.05) is 36.5 Å². The SMILES string of the molecule is C[C@H]1CN(CC(=O)Nc2ccccn2)Cc2cn[nH]c21. The minimum Gasteiger partial charge on any atom is -0.310 e. The van der Waals surface area contributed by atoms with Gasteiger partial charge in [0.1, 0.15) is 5.82 Å². The average Bonchev–Trinajstić information content (AvgIpc) is 2.88. The quantitative estimate of drug-likeness (QED) is 0.884. The topological polar surface area (TPSA) is 73.9 Å². The fourth-order valence-corrected chi connectivity index (χ4v) is 2.60. The molecule has 104 valence electrons. The van der Waals surface area contributed by atoms with Gasteiger partial charge in [-0.05, 0) is 12.1 Å². The minimum absolute atomic E-state index is 0.0390. The van der Waals surface area contributed by atoms with Crippen molar-refractivity contribution in [3.8, 4) is 0 Å². The normalized spacial score (nSPS) is 18.6. The van der Waals surface area contributed by atoms with Crippen molar-refractivity contribution < 1.29 is 4.79 Å². The lowest BCUT2D eigenvalue weighted by atomic mass is 9.98. The van der Waals surface area contributed by atoms with Gasteiger partial charge in [-0.25, -0.2) is 4.98 Å². The Hall–Kier alpha value is -2.21. The summed E-state index contributed by atoms with van der Waals surface area (Å²) in [6.45, 7) is 4.11. The number of aromatic amines is 1. The van der Waals surface area contributed by atoms with Crippen LogP contribution >= 0.6 is 0 Å². The van der Waals surface area contributed by atoms with Crippen LogP contribution in [0.2, 0.25) is 0 Å². The molecule has 0 spiro atoms. The molecule has 2 aromatic heterocycles. The van der Waals surface area contributed by atoms with E-state index >= 15 is 0 Å². The number of carbonyl (C=O) groups is 1. The Morgan fingerprint density at radius 3 is 3.25 bits per heavy atom. The summed E-state index contributed by atoms with van der Waals surface area (Å²) in [5.74, 6) is 0.915. The summed E-state index contributed by atoms with van der Waals surface area (Å²) < 4.78 is 0. The fraction of sp³-hybridized carbons (Fsp3) is 0.357. The van der Waals surface area contributed by atoms with Crippen LogP contribution in [0.15, 0.2) is 30.6 Å². The lowest BCUT2D eigenvalue weighted by Gasteiger charge is -2.29. The Kier molecular flexibility index (Phi) is 3.47. The van der Waals surface area contributed by atoms with Crippen LogP contribution in [0.1, 0.15) is 24.1 Å². The lowest BCUT2D eigenvalue weighted by molar-refractivity contribution is -0.117. The number of nitrogens with one attached hydrogen (secondary N) is 2. The zero-order chi connectivity index (χ0) is 13.9. The van der Waals surface area contributed by atoms with Crippen LogP contribution in [0.5, 0.6) is 0 Å². The molecule has 20 heavy (non-hydrogen) atoms. The second-order valence-corrected chi connectivity index (χ2v) is 5.14. The summed E-state index contributed by atoms with van der Waals surface area (Å²) in [6.07, 6.45) is 3.50. The highest BCUT2D eigenvalue weighted by molar-refractivity contribution is 5.91. The fourth-order valence-electron chi connectivity index (χ4n) is 2.60. The standard InChI is InChI=1S/C14H17N5O/c1-10-7-19(8-11-6-16-18-14(10)11)9-13(20)17-12-4-2-3-5-15-12/h2-6,10H,7-9H2,1H3,(H,16,18)(H,15,17,20)/t10-/m0/s1. The summed E-state index contributed by atoms with van der Waals surface area (Å²) in [5.41, 5.74) is 2.36. The molecule has 0 radical (unpaired) electrons. The number of fused-ring (bicyclic) bond motifs is 1. The minimum atomic E-state index is -0.0390. The first-order valence-electron chi connectivity index (χ1n) is 6.68. The molecule has 3 rings (SSSR count). The first kappa shape index (κ1) is 12.8. The zero-order valence-electron chi connectivity index (χ0n) is 11.3. The Morgan fingerprint density at radius 2 is 2.45 bits per heavy atom. The first-order chi connectivity index (χ1) is 9.72. The second-order valence-electron chi connectivity index (χ2n) is 5.14. The number of amides is 1. The highest BCUT2D eigenvalue weighted by atomic mass is 16.2. The predicted octanol–water partition coefficient (Wildman–Crippen LogP) is 1.36. The molecular weight excluding hydrogens is 254 g/mol. The van der Waals surface area contributed by atoms with Crippen LogP contribution in [0, 0.1) is 0 Å². The van der Waals surface area contributed by atoms with Crippen LogP contribution < -0.4 is 5.32 Å². The Morgan fingerprint density at radius 1 is 1.55 bits per heavy atom. The van der Waals surface area contributed by atoms with Crippen LogP contribution in [0.3, 0.4) is 0 Å². The molecule has 2 aromatic rings. The largest absolute Gasteiger partial charge is 0.310 e. The molecule has 0 fully saturated rings. The first-order valence-corrected chi connectivity index (χ1v) is 6.68. The van der Waals surface area contributed by atoms with Gasteiger partial charge in [0.2, 0.25) is 5.91 Å². The molecule has 0 bridgehead atoms. The van der Waals surface area contributed by atoms with E-state index in [4.69, 9.17) is 0 Å². The van der Waals surface area contributed by atoms with Crippen molar-refractivity contribution in [3.05, 3.63) is 41.9 Å². The van der Waals surface area contributed by atoms with E-state index in [1.807, 2.05) is 18.3 Å². The third-order valence-corrected chi connectivity index (χ3v) is 3.47. The number of carbonyl (C=O) groups excluding carboxylic acids is 1. The maximum absolute atomic E-state index is 12.0. The molecule has 1 aliphatic heterocycles. The molecule has 1 atom stereocenters. The van der Waals surface area contributed by atoms with E-state index in [0.717, 1.165) is 13.1 Å². The van der Waals surface area contributed by atoms with Crippen molar-refractivity contribution >= 4 is 11.7 Å². The molecule has 0 aromatic carbocycles. The van der Waals surface area contributed by atoms with Crippen LogP contribution in [0.4, 0.5) is 5.82 Å². The van der Waals surface area contributed by atoms with E-state index in [0.29, 0.717) is 18.3 Å². The van der Waals surface area contributed by atoms with Crippen LogP contribution in [-0.4, -0.2) is 39.1 Å². The third-order valence-electron chi connectivity index (χ3n) is 3.47. The highest BCUT2D eigenvalue weighted by Crippen LogP contribution is 2.25. The molecule has 6 nitrogen and oxygen atoms in total. The number of hydrogen-bond donors (Lipinski definition) is 2. The zero-order valence-corrected chi connectivity index (χ0v) is 11.3. The molecule has 1 amide bonds. The number of H-pyrrole nitrogens is 1. The molecule has 1 aliphatic rings. The lowest BCUT2D eigenvalue weighted by Crippen LogP contribution is -2.38. The predicted molar refractivity (Wildman–Crippen MR) is 75.1 cm³/mol. The average molecular weight is 271 g/mol. The van der Waals surface area contributed by atoms with E-state index in [2.05, 4.69) is 32.3 Å². The number of nitrogens with zero attached hydrogens (tertiary/aromatic N) is 3. The monoisotopic (exact) mass is 271 g/mol. The molecule has 0 saturated heterocycles. The maximum Gasteiger partial charge on any atom is 0.239 e. The maximum atomic E-state index is 12.0. The number of pyridine rings is 1.